The van der Waals surface area contributed by atoms with Gasteiger partial charge in [0.2, 0.25) is 0 Å². The van der Waals surface area contributed by atoms with Gasteiger partial charge < -0.3 is 10.1 Å². The van der Waals surface area contributed by atoms with Gasteiger partial charge in [0.05, 0.1) is 0 Å². The van der Waals surface area contributed by atoms with Crippen molar-refractivity contribution in [3.63, 3.8) is 0 Å². The van der Waals surface area contributed by atoms with Crippen LogP contribution in [0.4, 0.5) is 8.78 Å². The second-order valence-electron chi connectivity index (χ2n) is 5.80. The van der Waals surface area contributed by atoms with Crippen LogP contribution in [0.1, 0.15) is 46.1 Å². The van der Waals surface area contributed by atoms with E-state index in [1.165, 1.54) is 6.42 Å². The molecule has 1 rings (SSSR count). The van der Waals surface area contributed by atoms with Crippen molar-refractivity contribution in [1.29, 1.82) is 0 Å². The molecule has 0 radical (unpaired) electrons. The predicted octanol–water partition coefficient (Wildman–Crippen LogP) is 4.63. The number of benzene rings is 1. The SMILES string of the molecule is CCC(C)C(C)NC(C)CCc1ccc(OC(F)F)cc1. The Morgan fingerprint density at radius 2 is 1.71 bits per heavy atom. The molecule has 4 heteroatoms. The number of ether oxygens (including phenoxy) is 1. The number of hydrogen-bond acceptors (Lipinski definition) is 2. The summed E-state index contributed by atoms with van der Waals surface area (Å²) in [5.41, 5.74) is 1.14. The Bertz CT molecular complexity index is 394. The Hall–Kier alpha value is -1.16. The van der Waals surface area contributed by atoms with Crippen LogP contribution in [0, 0.1) is 5.92 Å². The summed E-state index contributed by atoms with van der Waals surface area (Å²) in [5, 5.41) is 3.61. The number of rotatable bonds is 9. The predicted molar refractivity (Wildman–Crippen MR) is 82.9 cm³/mol. The molecule has 0 saturated heterocycles. The van der Waals surface area contributed by atoms with Gasteiger partial charge in [0, 0.05) is 12.1 Å². The summed E-state index contributed by atoms with van der Waals surface area (Å²) in [6, 6.07) is 7.84. The second kappa shape index (κ2) is 8.98. The van der Waals surface area contributed by atoms with Crippen LogP contribution in [0.3, 0.4) is 0 Å². The van der Waals surface area contributed by atoms with Crippen molar-refractivity contribution in [2.75, 3.05) is 0 Å². The van der Waals surface area contributed by atoms with Crippen LogP contribution in [0.15, 0.2) is 24.3 Å². The third kappa shape index (κ3) is 6.89. The quantitative estimate of drug-likeness (QED) is 0.717. The van der Waals surface area contributed by atoms with Crippen molar-refractivity contribution in [1.82, 2.24) is 5.32 Å². The first-order valence-electron chi connectivity index (χ1n) is 7.72. The first-order valence-corrected chi connectivity index (χ1v) is 7.72. The third-order valence-electron chi connectivity index (χ3n) is 4.06. The van der Waals surface area contributed by atoms with Crippen LogP contribution >= 0.6 is 0 Å². The summed E-state index contributed by atoms with van der Waals surface area (Å²) < 4.78 is 28.5. The van der Waals surface area contributed by atoms with Crippen LogP contribution in [-0.2, 0) is 6.42 Å². The van der Waals surface area contributed by atoms with Gasteiger partial charge in [0.25, 0.3) is 0 Å². The van der Waals surface area contributed by atoms with Crippen molar-refractivity contribution >= 4 is 0 Å². The largest absolute Gasteiger partial charge is 0.435 e. The number of nitrogens with one attached hydrogen (secondary N) is 1. The molecule has 1 aromatic carbocycles. The molecule has 0 aliphatic rings. The van der Waals surface area contributed by atoms with Crippen LogP contribution in [0.5, 0.6) is 5.75 Å². The molecule has 0 aliphatic heterocycles. The molecule has 3 unspecified atom stereocenters. The summed E-state index contributed by atoms with van der Waals surface area (Å²) in [6.45, 7) is 6.11. The minimum atomic E-state index is -2.76. The fraction of sp³-hybridized carbons (Fsp3) is 0.647. The van der Waals surface area contributed by atoms with Gasteiger partial charge in [-0.15, -0.1) is 0 Å². The van der Waals surface area contributed by atoms with Crippen LogP contribution in [0.2, 0.25) is 0 Å². The van der Waals surface area contributed by atoms with E-state index in [1.54, 1.807) is 12.1 Å². The molecule has 0 amide bonds. The molecule has 1 aromatic rings. The van der Waals surface area contributed by atoms with Crippen molar-refractivity contribution in [2.24, 2.45) is 5.92 Å². The highest BCUT2D eigenvalue weighted by atomic mass is 19.3. The van der Waals surface area contributed by atoms with Gasteiger partial charge in [-0.1, -0.05) is 32.4 Å². The number of hydrogen-bond donors (Lipinski definition) is 1. The van der Waals surface area contributed by atoms with E-state index in [0.29, 0.717) is 18.0 Å². The zero-order valence-electron chi connectivity index (χ0n) is 13.4. The van der Waals surface area contributed by atoms with Gasteiger partial charge in [0.1, 0.15) is 5.75 Å². The molecule has 2 nitrogen and oxygen atoms in total. The molecule has 0 aliphatic carbocycles. The van der Waals surface area contributed by atoms with Gasteiger partial charge in [-0.25, -0.2) is 0 Å². The maximum absolute atomic E-state index is 12.1. The van der Waals surface area contributed by atoms with Crippen LogP contribution in [0.25, 0.3) is 0 Å². The lowest BCUT2D eigenvalue weighted by Gasteiger charge is -2.24. The van der Waals surface area contributed by atoms with E-state index >= 15 is 0 Å². The molecule has 0 heterocycles. The van der Waals surface area contributed by atoms with E-state index in [1.807, 2.05) is 12.1 Å². The Labute approximate surface area is 126 Å². The molecule has 0 spiro atoms. The van der Waals surface area contributed by atoms with Gasteiger partial charge >= 0.3 is 6.61 Å². The van der Waals surface area contributed by atoms with E-state index in [2.05, 4.69) is 37.7 Å². The van der Waals surface area contributed by atoms with Crippen LogP contribution in [-0.4, -0.2) is 18.7 Å². The first-order chi connectivity index (χ1) is 9.92. The summed E-state index contributed by atoms with van der Waals surface area (Å²) in [7, 11) is 0. The van der Waals surface area contributed by atoms with Crippen LogP contribution < -0.4 is 10.1 Å². The Balaban J connectivity index is 2.37. The number of halogens is 2. The topological polar surface area (TPSA) is 21.3 Å². The average Bonchev–Trinajstić information content (AvgIpc) is 2.45. The van der Waals surface area contributed by atoms with E-state index < -0.39 is 6.61 Å². The zero-order valence-corrected chi connectivity index (χ0v) is 13.4. The van der Waals surface area contributed by atoms with Crippen molar-refractivity contribution in [2.45, 2.75) is 65.7 Å². The van der Waals surface area contributed by atoms with Crippen molar-refractivity contribution in [3.8, 4) is 5.75 Å². The van der Waals surface area contributed by atoms with Gasteiger partial charge in [-0.3, -0.25) is 0 Å². The maximum Gasteiger partial charge on any atom is 0.387 e. The molecule has 0 fully saturated rings. The maximum atomic E-state index is 12.1. The minimum Gasteiger partial charge on any atom is -0.435 e. The Morgan fingerprint density at radius 3 is 2.24 bits per heavy atom. The summed E-state index contributed by atoms with van der Waals surface area (Å²) >= 11 is 0. The Morgan fingerprint density at radius 1 is 1.10 bits per heavy atom. The third-order valence-corrected chi connectivity index (χ3v) is 4.06. The summed E-state index contributed by atoms with van der Waals surface area (Å²) in [5.74, 6) is 0.878. The smallest absolute Gasteiger partial charge is 0.387 e. The lowest BCUT2D eigenvalue weighted by molar-refractivity contribution is -0.0498. The molecule has 0 aromatic heterocycles. The Kier molecular flexibility index (Phi) is 7.65. The first kappa shape index (κ1) is 17.9. The lowest BCUT2D eigenvalue weighted by Crippen LogP contribution is -2.38. The minimum absolute atomic E-state index is 0.213. The highest BCUT2D eigenvalue weighted by Crippen LogP contribution is 2.16. The van der Waals surface area contributed by atoms with E-state index in [-0.39, 0.29) is 5.75 Å². The molecule has 120 valence electrons. The molecule has 21 heavy (non-hydrogen) atoms. The van der Waals surface area contributed by atoms with Crippen molar-refractivity contribution < 1.29 is 13.5 Å². The highest BCUT2D eigenvalue weighted by molar-refractivity contribution is 5.27. The second-order valence-corrected chi connectivity index (χ2v) is 5.80. The van der Waals surface area contributed by atoms with E-state index in [4.69, 9.17) is 0 Å². The number of aryl methyl sites for hydroxylation is 1. The van der Waals surface area contributed by atoms with Crippen molar-refractivity contribution in [3.05, 3.63) is 29.8 Å². The average molecular weight is 299 g/mol. The highest BCUT2D eigenvalue weighted by Gasteiger charge is 2.12. The van der Waals surface area contributed by atoms with Gasteiger partial charge in [-0.05, 0) is 50.3 Å². The van der Waals surface area contributed by atoms with E-state index in [9.17, 15) is 8.78 Å². The fourth-order valence-corrected chi connectivity index (χ4v) is 2.27. The lowest BCUT2D eigenvalue weighted by atomic mass is 9.99. The molecule has 3 atom stereocenters. The summed E-state index contributed by atoms with van der Waals surface area (Å²) in [6.07, 6.45) is 3.12. The fourth-order valence-electron chi connectivity index (χ4n) is 2.27. The molecular formula is C17H27F2NO. The monoisotopic (exact) mass is 299 g/mol. The molecule has 0 saturated carbocycles. The molecule has 1 N–H and O–H groups in total. The zero-order chi connectivity index (χ0) is 15.8. The summed E-state index contributed by atoms with van der Waals surface area (Å²) in [4.78, 5) is 0. The van der Waals surface area contributed by atoms with E-state index in [0.717, 1.165) is 18.4 Å². The van der Waals surface area contributed by atoms with Gasteiger partial charge in [0.15, 0.2) is 0 Å². The molecular weight excluding hydrogens is 272 g/mol. The number of alkyl halides is 2. The normalized spacial score (nSPS) is 15.8. The standard InChI is InChI=1S/C17H27F2NO/c1-5-12(2)14(4)20-13(3)6-7-15-8-10-16(11-9-15)21-17(18)19/h8-14,17,20H,5-7H2,1-4H3. The molecule has 0 bridgehead atoms. The van der Waals surface area contributed by atoms with Gasteiger partial charge in [-0.2, -0.15) is 8.78 Å².